The van der Waals surface area contributed by atoms with E-state index in [0.29, 0.717) is 24.2 Å². The third-order valence-electron chi connectivity index (χ3n) is 4.82. The standard InChI is InChI=1S/C17H21FN2/c1-12-8-15(13-2-4-16(18)5-3-13)9-14(12)10-17-6-7-19-11-20-17/h2,4,6-7,11-12,14-15H,3,5,8-10H2,1H3. The van der Waals surface area contributed by atoms with Crippen LogP contribution in [-0.2, 0) is 6.42 Å². The first-order valence-corrected chi connectivity index (χ1v) is 7.52. The first-order valence-electron chi connectivity index (χ1n) is 7.52. The third-order valence-corrected chi connectivity index (χ3v) is 4.82. The Morgan fingerprint density at radius 3 is 2.85 bits per heavy atom. The highest BCUT2D eigenvalue weighted by Crippen LogP contribution is 2.43. The zero-order valence-electron chi connectivity index (χ0n) is 11.9. The molecule has 3 heteroatoms. The van der Waals surface area contributed by atoms with Gasteiger partial charge in [0.2, 0.25) is 0 Å². The first-order chi connectivity index (χ1) is 9.72. The lowest BCUT2D eigenvalue weighted by atomic mass is 9.89. The summed E-state index contributed by atoms with van der Waals surface area (Å²) in [5.74, 6) is 2.07. The number of hydrogen-bond donors (Lipinski definition) is 0. The van der Waals surface area contributed by atoms with E-state index in [9.17, 15) is 4.39 Å². The summed E-state index contributed by atoms with van der Waals surface area (Å²) in [6, 6.07) is 2.01. The molecule has 0 aromatic carbocycles. The predicted octanol–water partition coefficient (Wildman–Crippen LogP) is 4.26. The van der Waals surface area contributed by atoms with Crippen molar-refractivity contribution < 1.29 is 4.39 Å². The molecule has 0 aliphatic heterocycles. The Hall–Kier alpha value is -1.51. The van der Waals surface area contributed by atoms with Crippen molar-refractivity contribution in [2.24, 2.45) is 17.8 Å². The van der Waals surface area contributed by atoms with Gasteiger partial charge in [0.1, 0.15) is 12.2 Å². The van der Waals surface area contributed by atoms with E-state index in [4.69, 9.17) is 0 Å². The summed E-state index contributed by atoms with van der Waals surface area (Å²) in [7, 11) is 0. The van der Waals surface area contributed by atoms with Crippen molar-refractivity contribution in [3.05, 3.63) is 47.8 Å². The van der Waals surface area contributed by atoms with E-state index in [0.717, 1.165) is 18.5 Å². The van der Waals surface area contributed by atoms with E-state index in [1.165, 1.54) is 18.4 Å². The van der Waals surface area contributed by atoms with Crippen molar-refractivity contribution in [1.82, 2.24) is 9.97 Å². The molecule has 2 nitrogen and oxygen atoms in total. The van der Waals surface area contributed by atoms with Gasteiger partial charge in [0, 0.05) is 18.3 Å². The molecule has 0 N–H and O–H groups in total. The zero-order chi connectivity index (χ0) is 13.9. The molecular weight excluding hydrogens is 251 g/mol. The van der Waals surface area contributed by atoms with Crippen LogP contribution in [0.3, 0.4) is 0 Å². The SMILES string of the molecule is CC1CC(C2=CC=C(F)CC2)CC1Cc1ccncn1. The van der Waals surface area contributed by atoms with Gasteiger partial charge in [-0.15, -0.1) is 0 Å². The second-order valence-electron chi connectivity index (χ2n) is 6.17. The number of halogens is 1. The Morgan fingerprint density at radius 1 is 1.25 bits per heavy atom. The highest BCUT2D eigenvalue weighted by atomic mass is 19.1. The molecule has 0 bridgehead atoms. The molecule has 20 heavy (non-hydrogen) atoms. The fraction of sp³-hybridized carbons (Fsp3) is 0.529. The zero-order valence-corrected chi connectivity index (χ0v) is 11.9. The largest absolute Gasteiger partial charge is 0.245 e. The van der Waals surface area contributed by atoms with Gasteiger partial charge in [0.25, 0.3) is 0 Å². The minimum absolute atomic E-state index is 0.0253. The summed E-state index contributed by atoms with van der Waals surface area (Å²) in [5.41, 5.74) is 2.59. The molecule has 1 aromatic rings. The van der Waals surface area contributed by atoms with Crippen LogP contribution in [0, 0.1) is 17.8 Å². The second-order valence-corrected chi connectivity index (χ2v) is 6.17. The van der Waals surface area contributed by atoms with Crippen LogP contribution in [-0.4, -0.2) is 9.97 Å². The van der Waals surface area contributed by atoms with E-state index in [2.05, 4.69) is 16.9 Å². The van der Waals surface area contributed by atoms with Crippen LogP contribution in [0.15, 0.2) is 42.1 Å². The molecule has 1 fully saturated rings. The van der Waals surface area contributed by atoms with Gasteiger partial charge >= 0.3 is 0 Å². The average Bonchev–Trinajstić information content (AvgIpc) is 2.82. The normalized spacial score (nSPS) is 30.0. The van der Waals surface area contributed by atoms with Crippen molar-refractivity contribution in [2.45, 2.75) is 39.0 Å². The predicted molar refractivity (Wildman–Crippen MR) is 77.6 cm³/mol. The lowest BCUT2D eigenvalue weighted by molar-refractivity contribution is 0.413. The molecule has 2 aliphatic rings. The van der Waals surface area contributed by atoms with Gasteiger partial charge in [-0.25, -0.2) is 14.4 Å². The van der Waals surface area contributed by atoms with Crippen molar-refractivity contribution in [1.29, 1.82) is 0 Å². The van der Waals surface area contributed by atoms with Gasteiger partial charge in [-0.2, -0.15) is 0 Å². The molecule has 3 rings (SSSR count). The number of rotatable bonds is 3. The molecule has 106 valence electrons. The summed E-state index contributed by atoms with van der Waals surface area (Å²) in [6.45, 7) is 2.34. The van der Waals surface area contributed by atoms with Crippen LogP contribution in [0.25, 0.3) is 0 Å². The van der Waals surface area contributed by atoms with Crippen LogP contribution < -0.4 is 0 Å². The minimum Gasteiger partial charge on any atom is -0.245 e. The molecule has 1 saturated carbocycles. The van der Waals surface area contributed by atoms with Crippen molar-refractivity contribution >= 4 is 0 Å². The summed E-state index contributed by atoms with van der Waals surface area (Å²) in [5, 5.41) is 0. The summed E-state index contributed by atoms with van der Waals surface area (Å²) in [6.07, 6.45) is 12.1. The van der Waals surface area contributed by atoms with Crippen molar-refractivity contribution in [2.75, 3.05) is 0 Å². The van der Waals surface area contributed by atoms with Crippen LogP contribution in [0.4, 0.5) is 4.39 Å². The maximum Gasteiger partial charge on any atom is 0.115 e. The van der Waals surface area contributed by atoms with Gasteiger partial charge in [0.05, 0.1) is 0 Å². The number of aromatic nitrogens is 2. The fourth-order valence-electron chi connectivity index (χ4n) is 3.60. The molecule has 3 atom stereocenters. The van der Waals surface area contributed by atoms with Crippen LogP contribution in [0.1, 0.15) is 38.3 Å². The first kappa shape index (κ1) is 13.5. The molecule has 1 heterocycles. The number of nitrogens with zero attached hydrogens (tertiary/aromatic N) is 2. The van der Waals surface area contributed by atoms with Crippen LogP contribution in [0.2, 0.25) is 0 Å². The molecule has 1 aromatic heterocycles. The van der Waals surface area contributed by atoms with E-state index < -0.39 is 0 Å². The highest BCUT2D eigenvalue weighted by molar-refractivity contribution is 5.23. The van der Waals surface area contributed by atoms with Gasteiger partial charge in [-0.1, -0.05) is 18.6 Å². The summed E-state index contributed by atoms with van der Waals surface area (Å²) >= 11 is 0. The molecular formula is C17H21FN2. The summed E-state index contributed by atoms with van der Waals surface area (Å²) < 4.78 is 13.1. The Morgan fingerprint density at radius 2 is 2.15 bits per heavy atom. The highest BCUT2D eigenvalue weighted by Gasteiger charge is 2.33. The third kappa shape index (κ3) is 2.97. The maximum absolute atomic E-state index is 13.1. The molecule has 0 spiro atoms. The minimum atomic E-state index is 0.0253. The number of hydrogen-bond acceptors (Lipinski definition) is 2. The van der Waals surface area contributed by atoms with Crippen LogP contribution in [0.5, 0.6) is 0 Å². The van der Waals surface area contributed by atoms with Crippen molar-refractivity contribution in [3.8, 4) is 0 Å². The van der Waals surface area contributed by atoms with Gasteiger partial charge in [-0.05, 0) is 55.6 Å². The average molecular weight is 272 g/mol. The van der Waals surface area contributed by atoms with Crippen LogP contribution >= 0.6 is 0 Å². The molecule has 0 amide bonds. The van der Waals surface area contributed by atoms with E-state index in [-0.39, 0.29) is 5.83 Å². The van der Waals surface area contributed by atoms with Gasteiger partial charge in [-0.3, -0.25) is 0 Å². The lowest BCUT2D eigenvalue weighted by Crippen LogP contribution is -2.08. The molecule has 2 aliphatic carbocycles. The van der Waals surface area contributed by atoms with Gasteiger partial charge in [0.15, 0.2) is 0 Å². The molecule has 0 radical (unpaired) electrons. The fourth-order valence-corrected chi connectivity index (χ4v) is 3.60. The van der Waals surface area contributed by atoms with Gasteiger partial charge < -0.3 is 0 Å². The lowest BCUT2D eigenvalue weighted by Gasteiger charge is -2.17. The topological polar surface area (TPSA) is 25.8 Å². The van der Waals surface area contributed by atoms with E-state index in [1.54, 1.807) is 12.4 Å². The smallest absolute Gasteiger partial charge is 0.115 e. The van der Waals surface area contributed by atoms with Crippen molar-refractivity contribution in [3.63, 3.8) is 0 Å². The second kappa shape index (κ2) is 5.86. The quantitative estimate of drug-likeness (QED) is 0.822. The Bertz CT molecular complexity index is 521. The monoisotopic (exact) mass is 272 g/mol. The van der Waals surface area contributed by atoms with E-state index >= 15 is 0 Å². The molecule has 0 saturated heterocycles. The van der Waals surface area contributed by atoms with E-state index in [1.807, 2.05) is 18.3 Å². The Labute approximate surface area is 119 Å². The molecule has 3 unspecified atom stereocenters. The summed E-state index contributed by atoms with van der Waals surface area (Å²) in [4.78, 5) is 8.31. The maximum atomic E-state index is 13.1. The number of allylic oxidation sites excluding steroid dienone is 4. The Balaban J connectivity index is 1.65. The Kier molecular flexibility index (Phi) is 3.95.